The summed E-state index contributed by atoms with van der Waals surface area (Å²) in [7, 11) is 0. The van der Waals surface area contributed by atoms with E-state index in [2.05, 4.69) is 10.3 Å². The van der Waals surface area contributed by atoms with Crippen LogP contribution in [0.5, 0.6) is 5.75 Å². The molecule has 0 aliphatic heterocycles. The lowest BCUT2D eigenvalue weighted by Crippen LogP contribution is -2.28. The third kappa shape index (κ3) is 4.28. The van der Waals surface area contributed by atoms with Crippen LogP contribution in [0.25, 0.3) is 10.8 Å². The van der Waals surface area contributed by atoms with Crippen molar-refractivity contribution in [3.63, 3.8) is 0 Å². The van der Waals surface area contributed by atoms with Crippen molar-refractivity contribution in [2.24, 2.45) is 0 Å². The molecule has 25 heavy (non-hydrogen) atoms. The minimum Gasteiger partial charge on any atom is -0.484 e. The monoisotopic (exact) mass is 356 g/mol. The molecule has 3 aromatic rings. The van der Waals surface area contributed by atoms with Crippen LogP contribution in [-0.2, 0) is 11.3 Å². The molecule has 0 aliphatic rings. The van der Waals surface area contributed by atoms with Crippen LogP contribution in [-0.4, -0.2) is 17.5 Å². The highest BCUT2D eigenvalue weighted by Crippen LogP contribution is 2.28. The van der Waals surface area contributed by atoms with E-state index in [4.69, 9.17) is 9.15 Å². The summed E-state index contributed by atoms with van der Waals surface area (Å²) in [6.07, 6.45) is 1.62. The van der Waals surface area contributed by atoms with Crippen LogP contribution in [0.15, 0.2) is 41.0 Å². The van der Waals surface area contributed by atoms with Crippen molar-refractivity contribution in [2.45, 2.75) is 27.3 Å². The Morgan fingerprint density at radius 2 is 2.08 bits per heavy atom. The summed E-state index contributed by atoms with van der Waals surface area (Å²) in [6.45, 7) is 6.41. The molecule has 0 aliphatic carbocycles. The Labute approximate surface area is 150 Å². The number of benzene rings is 1. The lowest BCUT2D eigenvalue weighted by molar-refractivity contribution is -0.123. The first-order valence-corrected chi connectivity index (χ1v) is 8.81. The van der Waals surface area contributed by atoms with Crippen LogP contribution < -0.4 is 10.1 Å². The zero-order chi connectivity index (χ0) is 17.8. The van der Waals surface area contributed by atoms with E-state index in [-0.39, 0.29) is 12.5 Å². The molecule has 3 rings (SSSR count). The Balaban J connectivity index is 1.53. The van der Waals surface area contributed by atoms with Crippen LogP contribution >= 0.6 is 11.3 Å². The van der Waals surface area contributed by atoms with E-state index in [0.29, 0.717) is 12.3 Å². The van der Waals surface area contributed by atoms with Crippen LogP contribution in [0.3, 0.4) is 0 Å². The zero-order valence-corrected chi connectivity index (χ0v) is 15.3. The van der Waals surface area contributed by atoms with Gasteiger partial charge in [-0.1, -0.05) is 6.07 Å². The Bertz CT molecular complexity index is 869. The van der Waals surface area contributed by atoms with Gasteiger partial charge >= 0.3 is 0 Å². The van der Waals surface area contributed by atoms with Crippen molar-refractivity contribution >= 4 is 17.2 Å². The standard InChI is InChI=1S/C19H20N2O3S/c1-12-6-7-15(9-13(12)2)24-11-18(22)20-10-17-14(3)21-19(25-17)16-5-4-8-23-16/h4-9H,10-11H2,1-3H3,(H,20,22). The van der Waals surface area contributed by atoms with Crippen molar-refractivity contribution in [3.05, 3.63) is 58.3 Å². The second kappa shape index (κ2) is 7.53. The van der Waals surface area contributed by atoms with Gasteiger partial charge in [-0.15, -0.1) is 11.3 Å². The summed E-state index contributed by atoms with van der Waals surface area (Å²) in [5, 5.41) is 3.69. The van der Waals surface area contributed by atoms with Crippen molar-refractivity contribution < 1.29 is 13.9 Å². The number of furan rings is 1. The Morgan fingerprint density at radius 3 is 2.80 bits per heavy atom. The molecule has 2 heterocycles. The molecule has 0 spiro atoms. The number of nitrogens with zero attached hydrogens (tertiary/aromatic N) is 1. The molecule has 1 aromatic carbocycles. The average molecular weight is 356 g/mol. The minimum absolute atomic E-state index is 0.00854. The number of rotatable bonds is 6. The zero-order valence-electron chi connectivity index (χ0n) is 14.5. The smallest absolute Gasteiger partial charge is 0.258 e. The SMILES string of the molecule is Cc1ccc(OCC(=O)NCc2sc(-c3ccco3)nc2C)cc1C. The van der Waals surface area contributed by atoms with Gasteiger partial charge < -0.3 is 14.5 Å². The van der Waals surface area contributed by atoms with E-state index in [9.17, 15) is 4.79 Å². The normalized spacial score (nSPS) is 10.7. The second-order valence-corrected chi connectivity index (χ2v) is 6.90. The molecule has 0 unspecified atom stereocenters. The fraction of sp³-hybridized carbons (Fsp3) is 0.263. The molecular formula is C19H20N2O3S. The average Bonchev–Trinajstić information content (AvgIpc) is 3.23. The molecule has 0 saturated carbocycles. The van der Waals surface area contributed by atoms with E-state index in [1.54, 1.807) is 6.26 Å². The van der Waals surface area contributed by atoms with Crippen molar-refractivity contribution in [1.82, 2.24) is 10.3 Å². The molecule has 2 aromatic heterocycles. The molecule has 0 atom stereocenters. The molecule has 130 valence electrons. The number of nitrogens with one attached hydrogen (secondary N) is 1. The first-order valence-electron chi connectivity index (χ1n) is 8.00. The lowest BCUT2D eigenvalue weighted by Gasteiger charge is -2.08. The highest BCUT2D eigenvalue weighted by Gasteiger charge is 2.12. The summed E-state index contributed by atoms with van der Waals surface area (Å²) < 4.78 is 10.9. The Kier molecular flexibility index (Phi) is 5.19. The van der Waals surface area contributed by atoms with Gasteiger partial charge in [-0.2, -0.15) is 0 Å². The molecule has 0 bridgehead atoms. The number of carbonyl (C=O) groups is 1. The van der Waals surface area contributed by atoms with Gasteiger partial charge in [0, 0.05) is 4.88 Å². The topological polar surface area (TPSA) is 64.4 Å². The van der Waals surface area contributed by atoms with Gasteiger partial charge in [0.15, 0.2) is 17.4 Å². The number of carbonyl (C=O) groups excluding carboxylic acids is 1. The van der Waals surface area contributed by atoms with Crippen molar-refractivity contribution in [2.75, 3.05) is 6.61 Å². The number of thiazole rings is 1. The fourth-order valence-corrected chi connectivity index (χ4v) is 3.25. The third-order valence-corrected chi connectivity index (χ3v) is 5.09. The maximum Gasteiger partial charge on any atom is 0.258 e. The number of aryl methyl sites for hydroxylation is 3. The maximum atomic E-state index is 12.0. The van der Waals surface area contributed by atoms with Gasteiger partial charge in [0.25, 0.3) is 5.91 Å². The summed E-state index contributed by atoms with van der Waals surface area (Å²) >= 11 is 1.52. The molecule has 0 radical (unpaired) electrons. The predicted molar refractivity (Wildman–Crippen MR) is 97.8 cm³/mol. The second-order valence-electron chi connectivity index (χ2n) is 5.82. The van der Waals surface area contributed by atoms with E-state index in [0.717, 1.165) is 26.9 Å². The molecule has 1 N–H and O–H groups in total. The Hall–Kier alpha value is -2.60. The largest absolute Gasteiger partial charge is 0.484 e. The van der Waals surface area contributed by atoms with Gasteiger partial charge in [-0.3, -0.25) is 4.79 Å². The van der Waals surface area contributed by atoms with E-state index >= 15 is 0 Å². The molecular weight excluding hydrogens is 336 g/mol. The number of ether oxygens (including phenoxy) is 1. The van der Waals surface area contributed by atoms with Crippen molar-refractivity contribution in [3.8, 4) is 16.5 Å². The number of amides is 1. The summed E-state index contributed by atoms with van der Waals surface area (Å²) in [5.74, 6) is 1.28. The highest BCUT2D eigenvalue weighted by molar-refractivity contribution is 7.15. The number of aromatic nitrogens is 1. The van der Waals surface area contributed by atoms with E-state index < -0.39 is 0 Å². The molecule has 6 heteroatoms. The van der Waals surface area contributed by atoms with Crippen LogP contribution in [0.2, 0.25) is 0 Å². The fourth-order valence-electron chi connectivity index (χ4n) is 2.28. The lowest BCUT2D eigenvalue weighted by atomic mass is 10.1. The Morgan fingerprint density at radius 1 is 1.24 bits per heavy atom. The van der Waals surface area contributed by atoms with Gasteiger partial charge in [0.2, 0.25) is 0 Å². The first-order chi connectivity index (χ1) is 12.0. The highest BCUT2D eigenvalue weighted by atomic mass is 32.1. The predicted octanol–water partition coefficient (Wildman–Crippen LogP) is 4.02. The maximum absolute atomic E-state index is 12.0. The van der Waals surface area contributed by atoms with Crippen LogP contribution in [0, 0.1) is 20.8 Å². The molecule has 0 fully saturated rings. The van der Waals surface area contributed by atoms with Gasteiger partial charge in [-0.05, 0) is 56.2 Å². The molecule has 0 saturated heterocycles. The summed E-state index contributed by atoms with van der Waals surface area (Å²) in [5.41, 5.74) is 3.24. The third-order valence-electron chi connectivity index (χ3n) is 3.92. The van der Waals surface area contributed by atoms with E-state index in [1.165, 1.54) is 16.9 Å². The summed E-state index contributed by atoms with van der Waals surface area (Å²) in [6, 6.07) is 9.50. The van der Waals surface area contributed by atoms with Crippen LogP contribution in [0.4, 0.5) is 0 Å². The number of hydrogen-bond donors (Lipinski definition) is 1. The van der Waals surface area contributed by atoms with Gasteiger partial charge in [0.1, 0.15) is 5.75 Å². The quantitative estimate of drug-likeness (QED) is 0.724. The van der Waals surface area contributed by atoms with E-state index in [1.807, 2.05) is 51.1 Å². The minimum atomic E-state index is -0.162. The van der Waals surface area contributed by atoms with Crippen molar-refractivity contribution in [1.29, 1.82) is 0 Å². The first kappa shape index (κ1) is 17.2. The van der Waals surface area contributed by atoms with Crippen LogP contribution in [0.1, 0.15) is 21.7 Å². The van der Waals surface area contributed by atoms with Gasteiger partial charge in [-0.25, -0.2) is 4.98 Å². The summed E-state index contributed by atoms with van der Waals surface area (Å²) in [4.78, 5) is 17.5. The molecule has 5 nitrogen and oxygen atoms in total. The van der Waals surface area contributed by atoms with Gasteiger partial charge in [0.05, 0.1) is 18.5 Å². The molecule has 1 amide bonds. The number of hydrogen-bond acceptors (Lipinski definition) is 5.